The number of carbonyl (C=O) groups excluding carboxylic acids is 1. The molecule has 0 unspecified atom stereocenters. The predicted octanol–water partition coefficient (Wildman–Crippen LogP) is 4.51. The average Bonchev–Trinajstić information content (AvgIpc) is 2.82. The third-order valence-electron chi connectivity index (χ3n) is 2.30. The van der Waals surface area contributed by atoms with Gasteiger partial charge in [-0.1, -0.05) is 27.5 Å². The molecule has 8 heteroatoms. The first-order valence-corrected chi connectivity index (χ1v) is 7.36. The minimum atomic E-state index is -1.10. The van der Waals surface area contributed by atoms with Crippen LogP contribution in [0.15, 0.2) is 34.1 Å². The van der Waals surface area contributed by atoms with Crippen LogP contribution in [0.3, 0.4) is 0 Å². The van der Waals surface area contributed by atoms with Crippen molar-refractivity contribution in [1.29, 1.82) is 0 Å². The summed E-state index contributed by atoms with van der Waals surface area (Å²) in [5, 5.41) is 16.2. The number of urea groups is 1. The Morgan fingerprint density at radius 3 is 2.70 bits per heavy atom. The highest BCUT2D eigenvalue weighted by Crippen LogP contribution is 2.27. The van der Waals surface area contributed by atoms with Crippen molar-refractivity contribution in [3.63, 3.8) is 0 Å². The van der Waals surface area contributed by atoms with Crippen LogP contribution in [-0.4, -0.2) is 17.1 Å². The third-order valence-corrected chi connectivity index (χ3v) is 3.95. The summed E-state index contributed by atoms with van der Waals surface area (Å²) < 4.78 is 0.763. The molecule has 1 aromatic heterocycles. The normalized spacial score (nSPS) is 10.1. The van der Waals surface area contributed by atoms with E-state index in [0.29, 0.717) is 10.7 Å². The first-order chi connectivity index (χ1) is 9.47. The Morgan fingerprint density at radius 2 is 2.00 bits per heavy atom. The average molecular weight is 376 g/mol. The summed E-state index contributed by atoms with van der Waals surface area (Å²) in [6.07, 6.45) is 0. The molecule has 0 aliphatic rings. The molecule has 20 heavy (non-hydrogen) atoms. The number of carbonyl (C=O) groups is 2. The number of amides is 2. The maximum Gasteiger partial charge on any atom is 0.338 e. The van der Waals surface area contributed by atoms with Crippen LogP contribution in [0.4, 0.5) is 15.5 Å². The van der Waals surface area contributed by atoms with Gasteiger partial charge >= 0.3 is 12.0 Å². The molecular formula is C12H8BrClN2O3S. The van der Waals surface area contributed by atoms with E-state index in [2.05, 4.69) is 26.6 Å². The second-order valence-electron chi connectivity index (χ2n) is 3.67. The standard InChI is InChI=1S/C12H8BrClN2O3S/c13-6-1-2-8(14)9(5-6)15-12(19)16-10-7(11(17)18)3-4-20-10/h1-5H,(H,17,18)(H2,15,16,19). The highest BCUT2D eigenvalue weighted by molar-refractivity contribution is 9.10. The van der Waals surface area contributed by atoms with Crippen molar-refractivity contribution in [2.45, 2.75) is 0 Å². The van der Waals surface area contributed by atoms with Gasteiger partial charge in [0.25, 0.3) is 0 Å². The minimum Gasteiger partial charge on any atom is -0.478 e. The fourth-order valence-corrected chi connectivity index (χ4v) is 2.72. The highest BCUT2D eigenvalue weighted by atomic mass is 79.9. The van der Waals surface area contributed by atoms with Crippen LogP contribution in [0, 0.1) is 0 Å². The first-order valence-electron chi connectivity index (χ1n) is 5.31. The van der Waals surface area contributed by atoms with Crippen LogP contribution in [0.5, 0.6) is 0 Å². The van der Waals surface area contributed by atoms with Gasteiger partial charge in [0, 0.05) is 4.47 Å². The molecule has 0 bridgehead atoms. The van der Waals surface area contributed by atoms with Gasteiger partial charge in [-0.15, -0.1) is 11.3 Å². The molecule has 0 saturated carbocycles. The Hall–Kier alpha value is -1.57. The zero-order valence-corrected chi connectivity index (χ0v) is 13.0. The minimum absolute atomic E-state index is 0.0467. The molecular weight excluding hydrogens is 368 g/mol. The molecule has 2 amide bonds. The van der Waals surface area contributed by atoms with Gasteiger partial charge in [-0.05, 0) is 29.6 Å². The van der Waals surface area contributed by atoms with Crippen LogP contribution in [0.2, 0.25) is 5.02 Å². The summed E-state index contributed by atoms with van der Waals surface area (Å²) >= 11 is 10.3. The second-order valence-corrected chi connectivity index (χ2v) is 5.91. The maximum atomic E-state index is 11.8. The number of anilines is 2. The van der Waals surface area contributed by atoms with Crippen LogP contribution in [0.1, 0.15) is 10.4 Å². The molecule has 0 radical (unpaired) electrons. The van der Waals surface area contributed by atoms with Crippen molar-refractivity contribution in [2.75, 3.05) is 10.6 Å². The number of hydrogen-bond donors (Lipinski definition) is 3. The monoisotopic (exact) mass is 374 g/mol. The number of carboxylic acids is 1. The van der Waals surface area contributed by atoms with E-state index in [9.17, 15) is 9.59 Å². The number of thiophene rings is 1. The van der Waals surface area contributed by atoms with E-state index in [-0.39, 0.29) is 10.6 Å². The number of hydrogen-bond acceptors (Lipinski definition) is 3. The Balaban J connectivity index is 2.11. The Morgan fingerprint density at radius 1 is 1.25 bits per heavy atom. The van der Waals surface area contributed by atoms with Gasteiger partial charge in [0.05, 0.1) is 16.3 Å². The lowest BCUT2D eigenvalue weighted by Gasteiger charge is -2.09. The van der Waals surface area contributed by atoms with Gasteiger partial charge in [-0.3, -0.25) is 5.32 Å². The van der Waals surface area contributed by atoms with Gasteiger partial charge in [-0.2, -0.15) is 0 Å². The van der Waals surface area contributed by atoms with E-state index in [1.807, 2.05) is 0 Å². The van der Waals surface area contributed by atoms with Crippen molar-refractivity contribution in [2.24, 2.45) is 0 Å². The largest absolute Gasteiger partial charge is 0.478 e. The Bertz CT molecular complexity index is 674. The van der Waals surface area contributed by atoms with E-state index in [4.69, 9.17) is 16.7 Å². The van der Waals surface area contributed by atoms with Gasteiger partial charge in [0.15, 0.2) is 0 Å². The smallest absolute Gasteiger partial charge is 0.338 e. The van der Waals surface area contributed by atoms with Crippen molar-refractivity contribution < 1.29 is 14.7 Å². The number of nitrogens with one attached hydrogen (secondary N) is 2. The maximum absolute atomic E-state index is 11.8. The SMILES string of the molecule is O=C(Nc1cc(Br)ccc1Cl)Nc1sccc1C(=O)O. The molecule has 0 atom stereocenters. The van der Waals surface area contributed by atoms with Crippen molar-refractivity contribution in [1.82, 2.24) is 0 Å². The molecule has 3 N–H and O–H groups in total. The number of benzene rings is 1. The topological polar surface area (TPSA) is 78.4 Å². The summed E-state index contributed by atoms with van der Waals surface area (Å²) in [6, 6.07) is 5.89. The third kappa shape index (κ3) is 3.50. The van der Waals surface area contributed by atoms with Crippen LogP contribution in [0.25, 0.3) is 0 Å². The van der Waals surface area contributed by atoms with E-state index in [1.54, 1.807) is 23.6 Å². The van der Waals surface area contributed by atoms with E-state index in [0.717, 1.165) is 15.8 Å². The molecule has 0 aliphatic heterocycles. The van der Waals surface area contributed by atoms with Gasteiger partial charge in [0.1, 0.15) is 5.00 Å². The molecule has 2 aromatic rings. The van der Waals surface area contributed by atoms with Gasteiger partial charge < -0.3 is 10.4 Å². The molecule has 0 spiro atoms. The van der Waals surface area contributed by atoms with Crippen LogP contribution < -0.4 is 10.6 Å². The molecule has 5 nitrogen and oxygen atoms in total. The Labute approximate surface area is 131 Å². The molecule has 0 fully saturated rings. The summed E-state index contributed by atoms with van der Waals surface area (Å²) in [7, 11) is 0. The predicted molar refractivity (Wildman–Crippen MR) is 83.1 cm³/mol. The lowest BCUT2D eigenvalue weighted by Crippen LogP contribution is -2.20. The molecule has 1 heterocycles. The van der Waals surface area contributed by atoms with Crippen molar-refractivity contribution in [3.8, 4) is 0 Å². The molecule has 1 aromatic carbocycles. The van der Waals surface area contributed by atoms with Crippen LogP contribution in [-0.2, 0) is 0 Å². The summed E-state index contributed by atoms with van der Waals surface area (Å²) in [6.45, 7) is 0. The highest BCUT2D eigenvalue weighted by Gasteiger charge is 2.14. The van der Waals surface area contributed by atoms with Crippen LogP contribution >= 0.6 is 38.9 Å². The van der Waals surface area contributed by atoms with E-state index in [1.165, 1.54) is 6.07 Å². The molecule has 0 saturated heterocycles. The lowest BCUT2D eigenvalue weighted by atomic mass is 10.3. The van der Waals surface area contributed by atoms with Crippen molar-refractivity contribution in [3.05, 3.63) is 44.7 Å². The molecule has 0 aliphatic carbocycles. The van der Waals surface area contributed by atoms with Gasteiger partial charge in [0.2, 0.25) is 0 Å². The molecule has 104 valence electrons. The number of rotatable bonds is 3. The fourth-order valence-electron chi connectivity index (χ4n) is 1.42. The summed E-state index contributed by atoms with van der Waals surface area (Å²) in [4.78, 5) is 22.8. The first kappa shape index (κ1) is 14.8. The lowest BCUT2D eigenvalue weighted by molar-refractivity contribution is 0.0698. The number of aromatic carboxylic acids is 1. The zero-order chi connectivity index (χ0) is 14.7. The van der Waals surface area contributed by atoms with E-state index >= 15 is 0 Å². The zero-order valence-electron chi connectivity index (χ0n) is 9.81. The number of carboxylic acid groups (broad SMARTS) is 1. The summed E-state index contributed by atoms with van der Waals surface area (Å²) in [5.74, 6) is -1.10. The molecule has 2 rings (SSSR count). The number of halogens is 2. The van der Waals surface area contributed by atoms with E-state index < -0.39 is 12.0 Å². The summed E-state index contributed by atoms with van der Waals surface area (Å²) in [5.41, 5.74) is 0.470. The van der Waals surface area contributed by atoms with Crippen molar-refractivity contribution >= 4 is 61.6 Å². The Kier molecular flexibility index (Phi) is 4.64. The quantitative estimate of drug-likeness (QED) is 0.738. The van der Waals surface area contributed by atoms with Gasteiger partial charge in [-0.25, -0.2) is 9.59 Å². The fraction of sp³-hybridized carbons (Fsp3) is 0. The second kappa shape index (κ2) is 6.25.